The van der Waals surface area contributed by atoms with Crippen LogP contribution in [-0.4, -0.2) is 130 Å². The lowest BCUT2D eigenvalue weighted by Crippen LogP contribution is -2.52. The fraction of sp³-hybridized carbons (Fsp3) is 0.362. The summed E-state index contributed by atoms with van der Waals surface area (Å²) in [5.41, 5.74) is 8.00. The van der Waals surface area contributed by atoms with Gasteiger partial charge in [0.05, 0.1) is 41.0 Å². The Balaban J connectivity index is 0.842. The Morgan fingerprint density at radius 2 is 1.73 bits per heavy atom. The molecule has 0 saturated carbocycles. The third-order valence-electron chi connectivity index (χ3n) is 12.6. The van der Waals surface area contributed by atoms with Crippen LogP contribution in [0.3, 0.4) is 0 Å². The Labute approximate surface area is 403 Å². The third kappa shape index (κ3) is 10.3. The van der Waals surface area contributed by atoms with Crippen LogP contribution in [0.4, 0.5) is 34.5 Å². The number of aryl methyl sites for hydroxylation is 1. The molecule has 4 N–H and O–H groups in total. The van der Waals surface area contributed by atoms with Crippen molar-refractivity contribution in [3.63, 3.8) is 0 Å². The second-order valence-electron chi connectivity index (χ2n) is 17.2. The topological polar surface area (TPSA) is 188 Å². The van der Waals surface area contributed by atoms with Gasteiger partial charge < -0.3 is 30.5 Å². The van der Waals surface area contributed by atoms with Crippen LogP contribution < -0.4 is 36.2 Å². The van der Waals surface area contributed by atoms with E-state index in [1.807, 2.05) is 66.8 Å². The van der Waals surface area contributed by atoms with Crippen LogP contribution in [0.2, 0.25) is 5.02 Å². The van der Waals surface area contributed by atoms with Crippen molar-refractivity contribution in [2.75, 3.05) is 87.1 Å². The predicted molar refractivity (Wildman–Crippen MR) is 268 cm³/mol. The number of piperazine rings is 1. The number of hydrogen-bond donors (Lipinski definition) is 4. The fourth-order valence-corrected chi connectivity index (χ4v) is 10.9. The standard InChI is InChI=1S/C47H52BrClN13O4P/c1-59-26-29(24-53-59)32-22-38(56-47-52-25-33(48)45(58-47)55-36-8-7-35-43(44(36)67(3)4)51-14-13-50-35)40(66-2)23-39(32)61-17-19-62(20-18-61)42(64)27-60-15-11-28(12-16-60)31-6-5-30(21-34(31)49)54-37-9-10-41(63)57-46(37)65/h5-8,13-14,21-26,28,37,54H,9-12,15-20,27H2,1-4H3,(H,57,63,65)(H2,52,55,56,58). The Morgan fingerprint density at radius 3 is 2.45 bits per heavy atom. The Bertz CT molecular complexity index is 2830. The van der Waals surface area contributed by atoms with Crippen molar-refractivity contribution in [3.05, 3.63) is 88.5 Å². The van der Waals surface area contributed by atoms with Gasteiger partial charge in [-0.05, 0) is 103 Å². The highest BCUT2D eigenvalue weighted by molar-refractivity contribution is 9.10. The number of carbonyl (C=O) groups excluding carboxylic acids is 3. The molecule has 20 heteroatoms. The van der Waals surface area contributed by atoms with Gasteiger partial charge in [0.1, 0.15) is 17.6 Å². The van der Waals surface area contributed by atoms with Gasteiger partial charge >= 0.3 is 0 Å². The number of anilines is 6. The number of rotatable bonds is 13. The normalized spacial score (nSPS) is 17.2. The van der Waals surface area contributed by atoms with Crippen LogP contribution in [0.15, 0.2) is 77.9 Å². The average Bonchev–Trinajstić information content (AvgIpc) is 3.77. The van der Waals surface area contributed by atoms with Crippen LogP contribution in [0.5, 0.6) is 5.75 Å². The van der Waals surface area contributed by atoms with Crippen LogP contribution in [0.1, 0.15) is 37.2 Å². The van der Waals surface area contributed by atoms with E-state index in [2.05, 4.69) is 80.4 Å². The number of methoxy groups -OCH3 is 1. The summed E-state index contributed by atoms with van der Waals surface area (Å²) < 4.78 is 8.48. The molecule has 3 aliphatic rings. The number of carbonyl (C=O) groups is 3. The molecule has 3 saturated heterocycles. The highest BCUT2D eigenvalue weighted by Gasteiger charge is 2.30. The van der Waals surface area contributed by atoms with Crippen molar-refractivity contribution in [1.29, 1.82) is 0 Å². The molecule has 0 aliphatic carbocycles. The minimum Gasteiger partial charge on any atom is -0.494 e. The largest absolute Gasteiger partial charge is 0.494 e. The minimum atomic E-state index is -0.538. The molecule has 1 atom stereocenters. The number of fused-ring (bicyclic) bond motifs is 1. The summed E-state index contributed by atoms with van der Waals surface area (Å²) in [4.78, 5) is 62.7. The maximum atomic E-state index is 13.7. The van der Waals surface area contributed by atoms with E-state index in [1.165, 1.54) is 0 Å². The van der Waals surface area contributed by atoms with Gasteiger partial charge in [-0.15, -0.1) is 0 Å². The number of nitrogens with zero attached hydrogens (tertiary/aromatic N) is 9. The molecule has 17 nitrogen and oxygen atoms in total. The monoisotopic (exact) mass is 1010 g/mol. The predicted octanol–water partition coefficient (Wildman–Crippen LogP) is 6.84. The molecule has 6 aromatic rings. The maximum absolute atomic E-state index is 13.7. The summed E-state index contributed by atoms with van der Waals surface area (Å²) in [6.07, 6.45) is 11.5. The SMILES string of the molecule is COc1cc(N2CCN(C(=O)CN3CCC(c4ccc(NC5CCC(=O)NC5=O)cc4Cl)CC3)CC2)c(-c2cnn(C)c2)cc1Nc1ncc(Br)c(Nc2ccc3nccnc3c2P(C)C)n1. The van der Waals surface area contributed by atoms with Gasteiger partial charge in [0.2, 0.25) is 23.7 Å². The van der Waals surface area contributed by atoms with Gasteiger partial charge in [-0.3, -0.25) is 39.3 Å². The Morgan fingerprint density at radius 1 is 0.940 bits per heavy atom. The van der Waals surface area contributed by atoms with E-state index in [-0.39, 0.29) is 23.6 Å². The van der Waals surface area contributed by atoms with Crippen molar-refractivity contribution >= 4 is 104 Å². The summed E-state index contributed by atoms with van der Waals surface area (Å²) >= 11 is 10.4. The first-order valence-corrected chi connectivity index (χ1v) is 25.6. The summed E-state index contributed by atoms with van der Waals surface area (Å²) in [7, 11) is 3.01. The first kappa shape index (κ1) is 46.2. The van der Waals surface area contributed by atoms with Gasteiger partial charge in [0.15, 0.2) is 0 Å². The molecule has 3 aliphatic heterocycles. The van der Waals surface area contributed by atoms with E-state index in [0.717, 1.165) is 76.0 Å². The summed E-state index contributed by atoms with van der Waals surface area (Å²) in [6, 6.07) is 13.4. The molecular formula is C47H52BrClN13O4P. The second-order valence-corrected chi connectivity index (χ2v) is 20.7. The zero-order valence-corrected chi connectivity index (χ0v) is 41.0. The third-order valence-corrected chi connectivity index (χ3v) is 14.8. The molecule has 6 heterocycles. The molecule has 0 spiro atoms. The van der Waals surface area contributed by atoms with E-state index in [1.54, 1.807) is 30.4 Å². The zero-order chi connectivity index (χ0) is 46.8. The molecule has 3 amide bonds. The summed E-state index contributed by atoms with van der Waals surface area (Å²) in [5.74, 6) is 1.42. The number of piperidine rings is 2. The van der Waals surface area contributed by atoms with Gasteiger partial charge in [0, 0.05) is 109 Å². The summed E-state index contributed by atoms with van der Waals surface area (Å²) in [6.45, 7) is 8.82. The molecule has 348 valence electrons. The Hall–Kier alpha value is -5.94. The quantitative estimate of drug-likeness (QED) is 0.0696. The number of halogens is 2. The molecule has 3 aromatic heterocycles. The highest BCUT2D eigenvalue weighted by atomic mass is 79.9. The average molecular weight is 1010 g/mol. The number of likely N-dealkylation sites (tertiary alicyclic amines) is 1. The lowest BCUT2D eigenvalue weighted by Gasteiger charge is -2.39. The number of hydrogen-bond acceptors (Lipinski definition) is 14. The highest BCUT2D eigenvalue weighted by Crippen LogP contribution is 2.42. The smallest absolute Gasteiger partial charge is 0.249 e. The van der Waals surface area contributed by atoms with Crippen molar-refractivity contribution < 1.29 is 19.1 Å². The van der Waals surface area contributed by atoms with Gasteiger partial charge in [-0.25, -0.2) is 4.98 Å². The number of aromatic nitrogens is 6. The number of ether oxygens (including phenoxy) is 1. The fourth-order valence-electron chi connectivity index (χ4n) is 9.10. The van der Waals surface area contributed by atoms with Crippen molar-refractivity contribution in [2.24, 2.45) is 7.05 Å². The lowest BCUT2D eigenvalue weighted by molar-refractivity contribution is -0.134. The molecule has 3 aromatic carbocycles. The van der Waals surface area contributed by atoms with Crippen molar-refractivity contribution in [1.82, 2.24) is 44.8 Å². The van der Waals surface area contributed by atoms with E-state index >= 15 is 0 Å². The van der Waals surface area contributed by atoms with Crippen LogP contribution in [0.25, 0.3) is 22.2 Å². The first-order chi connectivity index (χ1) is 32.4. The lowest BCUT2D eigenvalue weighted by atomic mass is 9.89. The van der Waals surface area contributed by atoms with Crippen LogP contribution >= 0.6 is 35.5 Å². The van der Waals surface area contributed by atoms with Gasteiger partial charge in [-0.1, -0.05) is 25.6 Å². The molecule has 3 fully saturated rings. The van der Waals surface area contributed by atoms with Gasteiger partial charge in [-0.2, -0.15) is 10.1 Å². The molecule has 0 bridgehead atoms. The van der Waals surface area contributed by atoms with Crippen molar-refractivity contribution in [2.45, 2.75) is 37.6 Å². The second kappa shape index (κ2) is 20.1. The molecule has 0 radical (unpaired) electrons. The van der Waals surface area contributed by atoms with E-state index in [0.29, 0.717) is 78.3 Å². The van der Waals surface area contributed by atoms with E-state index < -0.39 is 14.0 Å². The van der Waals surface area contributed by atoms with E-state index in [9.17, 15) is 14.4 Å². The van der Waals surface area contributed by atoms with E-state index in [4.69, 9.17) is 21.3 Å². The van der Waals surface area contributed by atoms with Crippen LogP contribution in [-0.2, 0) is 21.4 Å². The maximum Gasteiger partial charge on any atom is 0.249 e. The Kier molecular flexibility index (Phi) is 13.9. The number of imide groups is 1. The number of benzene rings is 3. The number of nitrogens with one attached hydrogen (secondary N) is 4. The molecule has 67 heavy (non-hydrogen) atoms. The zero-order valence-electron chi connectivity index (χ0n) is 37.7. The van der Waals surface area contributed by atoms with Crippen LogP contribution in [0, 0.1) is 0 Å². The minimum absolute atomic E-state index is 0.128. The molecule has 1 unspecified atom stereocenters. The molecular weight excluding hydrogens is 957 g/mol. The number of amides is 3. The molecule has 9 rings (SSSR count). The van der Waals surface area contributed by atoms with Crippen molar-refractivity contribution in [3.8, 4) is 16.9 Å². The van der Waals surface area contributed by atoms with Gasteiger partial charge in [0.25, 0.3) is 0 Å². The first-order valence-electron chi connectivity index (χ1n) is 22.2. The summed E-state index contributed by atoms with van der Waals surface area (Å²) in [5, 5.41) is 18.8.